The summed E-state index contributed by atoms with van der Waals surface area (Å²) < 4.78 is 12.6. The molecule has 8 nitrogen and oxygen atoms in total. The van der Waals surface area contributed by atoms with Gasteiger partial charge in [0.05, 0.1) is 7.11 Å². The van der Waals surface area contributed by atoms with Crippen LogP contribution in [0, 0.1) is 6.92 Å². The van der Waals surface area contributed by atoms with Gasteiger partial charge in [0.1, 0.15) is 17.3 Å². The number of nitrogens with zero attached hydrogens (tertiary/aromatic N) is 4. The molecule has 0 spiro atoms. The highest BCUT2D eigenvalue weighted by Gasteiger charge is 2.09. The summed E-state index contributed by atoms with van der Waals surface area (Å²) in [5.74, 6) is 2.57. The van der Waals surface area contributed by atoms with E-state index in [1.165, 1.54) is 0 Å². The molecule has 0 fully saturated rings. The molecule has 0 saturated heterocycles. The summed E-state index contributed by atoms with van der Waals surface area (Å²) in [6.07, 6.45) is 3.47. The van der Waals surface area contributed by atoms with Crippen molar-refractivity contribution in [2.45, 2.75) is 6.92 Å². The van der Waals surface area contributed by atoms with E-state index in [4.69, 9.17) is 9.47 Å². The zero-order valence-corrected chi connectivity index (χ0v) is 16.4. The van der Waals surface area contributed by atoms with Gasteiger partial charge in [-0.3, -0.25) is 4.79 Å². The number of hydrogen-bond acceptors (Lipinski definition) is 6. The first-order chi connectivity index (χ1) is 14.6. The lowest BCUT2D eigenvalue weighted by molar-refractivity contribution is 0.102. The van der Waals surface area contributed by atoms with Gasteiger partial charge in [0.15, 0.2) is 5.82 Å². The quantitative estimate of drug-likeness (QED) is 0.525. The van der Waals surface area contributed by atoms with Gasteiger partial charge in [-0.1, -0.05) is 6.07 Å². The standard InChI is InChI=1S/C22H19N5O3/c1-15-24-20(27-12-4-11-23-27)14-21(25-15)30-18-9-7-17(8-10-18)26-22(28)16-5-3-6-19(13-16)29-2/h3-14H,1-2H3,(H,26,28). The van der Waals surface area contributed by atoms with E-state index in [0.29, 0.717) is 40.3 Å². The van der Waals surface area contributed by atoms with Crippen LogP contribution in [0.3, 0.4) is 0 Å². The van der Waals surface area contributed by atoms with E-state index in [-0.39, 0.29) is 5.91 Å². The highest BCUT2D eigenvalue weighted by atomic mass is 16.5. The molecule has 8 heteroatoms. The van der Waals surface area contributed by atoms with E-state index in [1.807, 2.05) is 6.07 Å². The summed E-state index contributed by atoms with van der Waals surface area (Å²) in [7, 11) is 1.56. The van der Waals surface area contributed by atoms with Gasteiger partial charge in [0, 0.05) is 29.7 Å². The van der Waals surface area contributed by atoms with Crippen LogP contribution >= 0.6 is 0 Å². The number of anilines is 1. The third-order valence-corrected chi connectivity index (χ3v) is 4.21. The first kappa shape index (κ1) is 19.1. The molecule has 0 radical (unpaired) electrons. The van der Waals surface area contributed by atoms with Gasteiger partial charge in [0.2, 0.25) is 5.88 Å². The molecule has 2 aromatic heterocycles. The average molecular weight is 401 g/mol. The SMILES string of the molecule is COc1cccc(C(=O)Nc2ccc(Oc3cc(-n4cccn4)nc(C)n3)cc2)c1. The summed E-state index contributed by atoms with van der Waals surface area (Å²) in [5.41, 5.74) is 1.16. The Bertz CT molecular complexity index is 1160. The van der Waals surface area contributed by atoms with Crippen LogP contribution in [0.1, 0.15) is 16.2 Å². The van der Waals surface area contributed by atoms with Gasteiger partial charge in [0.25, 0.3) is 5.91 Å². The van der Waals surface area contributed by atoms with Gasteiger partial charge in [-0.25, -0.2) is 9.67 Å². The van der Waals surface area contributed by atoms with Crippen molar-refractivity contribution in [3.05, 3.63) is 84.4 Å². The van der Waals surface area contributed by atoms with Gasteiger partial charge < -0.3 is 14.8 Å². The number of nitrogens with one attached hydrogen (secondary N) is 1. The van der Waals surface area contributed by atoms with Crippen molar-refractivity contribution in [1.29, 1.82) is 0 Å². The minimum atomic E-state index is -0.224. The van der Waals surface area contributed by atoms with E-state index in [9.17, 15) is 4.79 Å². The van der Waals surface area contributed by atoms with Crippen molar-refractivity contribution in [3.63, 3.8) is 0 Å². The Balaban J connectivity index is 1.46. The smallest absolute Gasteiger partial charge is 0.255 e. The van der Waals surface area contributed by atoms with Crippen LogP contribution in [0.4, 0.5) is 5.69 Å². The lowest BCUT2D eigenvalue weighted by Crippen LogP contribution is -2.11. The molecule has 0 unspecified atom stereocenters. The second-order valence-corrected chi connectivity index (χ2v) is 6.37. The van der Waals surface area contributed by atoms with E-state index in [0.717, 1.165) is 0 Å². The first-order valence-corrected chi connectivity index (χ1v) is 9.20. The topological polar surface area (TPSA) is 91.2 Å². The molecule has 0 bridgehead atoms. The molecule has 0 atom stereocenters. The Morgan fingerprint density at radius 2 is 1.83 bits per heavy atom. The Labute approximate surface area is 173 Å². The molecule has 30 heavy (non-hydrogen) atoms. The zero-order valence-electron chi connectivity index (χ0n) is 16.4. The van der Waals surface area contributed by atoms with Crippen LogP contribution in [-0.2, 0) is 0 Å². The third-order valence-electron chi connectivity index (χ3n) is 4.21. The predicted molar refractivity (Wildman–Crippen MR) is 111 cm³/mol. The van der Waals surface area contributed by atoms with Crippen LogP contribution in [0.5, 0.6) is 17.4 Å². The van der Waals surface area contributed by atoms with Crippen molar-refractivity contribution >= 4 is 11.6 Å². The Morgan fingerprint density at radius 1 is 1.00 bits per heavy atom. The lowest BCUT2D eigenvalue weighted by Gasteiger charge is -2.10. The Kier molecular flexibility index (Phi) is 5.38. The van der Waals surface area contributed by atoms with Gasteiger partial charge in [-0.05, 0) is 55.5 Å². The minimum absolute atomic E-state index is 0.224. The largest absolute Gasteiger partial charge is 0.497 e. The molecular formula is C22H19N5O3. The molecule has 4 aromatic rings. The van der Waals surface area contributed by atoms with Crippen LogP contribution in [0.25, 0.3) is 5.82 Å². The molecule has 0 aliphatic carbocycles. The van der Waals surface area contributed by atoms with Gasteiger partial charge >= 0.3 is 0 Å². The molecule has 1 amide bonds. The number of carbonyl (C=O) groups is 1. The van der Waals surface area contributed by atoms with E-state index >= 15 is 0 Å². The number of carbonyl (C=O) groups excluding carboxylic acids is 1. The number of amides is 1. The number of aromatic nitrogens is 4. The van der Waals surface area contributed by atoms with E-state index < -0.39 is 0 Å². The van der Waals surface area contributed by atoms with Crippen LogP contribution < -0.4 is 14.8 Å². The highest BCUT2D eigenvalue weighted by Crippen LogP contribution is 2.23. The predicted octanol–water partition coefficient (Wildman–Crippen LogP) is 4.02. The molecule has 150 valence electrons. The average Bonchev–Trinajstić information content (AvgIpc) is 3.30. The molecular weight excluding hydrogens is 382 g/mol. The summed E-state index contributed by atoms with van der Waals surface area (Å²) in [6.45, 7) is 1.79. The van der Waals surface area contributed by atoms with E-state index in [1.54, 1.807) is 85.7 Å². The van der Waals surface area contributed by atoms with Crippen molar-refractivity contribution < 1.29 is 14.3 Å². The van der Waals surface area contributed by atoms with Crippen LogP contribution in [-0.4, -0.2) is 32.8 Å². The summed E-state index contributed by atoms with van der Waals surface area (Å²) in [4.78, 5) is 21.1. The van der Waals surface area contributed by atoms with Gasteiger partial charge in [-0.2, -0.15) is 10.1 Å². The molecule has 0 aliphatic heterocycles. The maximum Gasteiger partial charge on any atom is 0.255 e. The lowest BCUT2D eigenvalue weighted by atomic mass is 10.2. The maximum absolute atomic E-state index is 12.4. The Morgan fingerprint density at radius 3 is 2.57 bits per heavy atom. The number of hydrogen-bond donors (Lipinski definition) is 1. The van der Waals surface area contributed by atoms with Crippen molar-refractivity contribution in [3.8, 4) is 23.2 Å². The first-order valence-electron chi connectivity index (χ1n) is 9.20. The molecule has 0 saturated carbocycles. The third kappa shape index (κ3) is 4.44. The number of aryl methyl sites for hydroxylation is 1. The maximum atomic E-state index is 12.4. The Hall–Kier alpha value is -4.20. The molecule has 2 heterocycles. The van der Waals surface area contributed by atoms with Crippen molar-refractivity contribution in [2.75, 3.05) is 12.4 Å². The molecule has 2 aromatic carbocycles. The second-order valence-electron chi connectivity index (χ2n) is 6.37. The monoisotopic (exact) mass is 401 g/mol. The van der Waals surface area contributed by atoms with Crippen LogP contribution in [0.2, 0.25) is 0 Å². The number of ether oxygens (including phenoxy) is 2. The summed E-state index contributed by atoms with van der Waals surface area (Å²) >= 11 is 0. The van der Waals surface area contributed by atoms with Crippen molar-refractivity contribution in [1.82, 2.24) is 19.7 Å². The second kappa shape index (κ2) is 8.44. The fourth-order valence-electron chi connectivity index (χ4n) is 2.79. The zero-order chi connectivity index (χ0) is 20.9. The van der Waals surface area contributed by atoms with Gasteiger partial charge in [-0.15, -0.1) is 0 Å². The summed E-state index contributed by atoms with van der Waals surface area (Å²) in [6, 6.07) is 17.5. The van der Waals surface area contributed by atoms with Crippen LogP contribution in [0.15, 0.2) is 73.1 Å². The number of benzene rings is 2. The molecule has 1 N–H and O–H groups in total. The summed E-state index contributed by atoms with van der Waals surface area (Å²) in [5, 5.41) is 7.02. The number of methoxy groups -OCH3 is 1. The number of rotatable bonds is 6. The fraction of sp³-hybridized carbons (Fsp3) is 0.0909. The fourth-order valence-corrected chi connectivity index (χ4v) is 2.79. The van der Waals surface area contributed by atoms with Crippen molar-refractivity contribution in [2.24, 2.45) is 0 Å². The minimum Gasteiger partial charge on any atom is -0.497 e. The normalized spacial score (nSPS) is 10.5. The molecule has 4 rings (SSSR count). The molecule has 0 aliphatic rings. The van der Waals surface area contributed by atoms with E-state index in [2.05, 4.69) is 20.4 Å². The highest BCUT2D eigenvalue weighted by molar-refractivity contribution is 6.04.